The number of nitrogens with zero attached hydrogens (tertiary/aromatic N) is 2. The number of aliphatic hydroxyl groups excluding tert-OH is 1. The van der Waals surface area contributed by atoms with Crippen molar-refractivity contribution in [2.24, 2.45) is 5.92 Å². The third-order valence-corrected chi connectivity index (χ3v) is 3.25. The number of amides is 1. The first kappa shape index (κ1) is 14.3. The van der Waals surface area contributed by atoms with Crippen LogP contribution in [-0.2, 0) is 11.3 Å². The molecule has 1 aliphatic heterocycles. The van der Waals surface area contributed by atoms with Gasteiger partial charge in [-0.25, -0.2) is 4.79 Å². The number of likely N-dealkylation sites (tertiary alicyclic amines) is 1. The standard InChI is InChI=1S/C13H16N2O5/c16-12(8-15(18)19)11-6-14(7-11)13(17)20-9-10-4-2-1-3-5-10/h1-5,11-12,16H,6-9H2. The molecule has 1 aromatic carbocycles. The minimum Gasteiger partial charge on any atom is -0.445 e. The Labute approximate surface area is 115 Å². The highest BCUT2D eigenvalue weighted by molar-refractivity contribution is 5.68. The number of rotatable bonds is 5. The van der Waals surface area contributed by atoms with Gasteiger partial charge in [-0.1, -0.05) is 30.3 Å². The van der Waals surface area contributed by atoms with Crippen LogP contribution in [0.2, 0.25) is 0 Å². The maximum atomic E-state index is 11.7. The average molecular weight is 280 g/mol. The van der Waals surface area contributed by atoms with E-state index < -0.39 is 23.7 Å². The summed E-state index contributed by atoms with van der Waals surface area (Å²) in [7, 11) is 0. The first-order valence-electron chi connectivity index (χ1n) is 6.31. The number of carbonyl (C=O) groups excluding carboxylic acids is 1. The van der Waals surface area contributed by atoms with Crippen molar-refractivity contribution < 1.29 is 19.6 Å². The largest absolute Gasteiger partial charge is 0.445 e. The third kappa shape index (κ3) is 3.67. The molecule has 1 saturated heterocycles. The fraction of sp³-hybridized carbons (Fsp3) is 0.462. The molecular formula is C13H16N2O5. The Morgan fingerprint density at radius 3 is 2.70 bits per heavy atom. The molecule has 1 unspecified atom stereocenters. The molecule has 1 N–H and O–H groups in total. The van der Waals surface area contributed by atoms with Crippen molar-refractivity contribution in [1.82, 2.24) is 4.90 Å². The van der Waals surface area contributed by atoms with Gasteiger partial charge in [-0.3, -0.25) is 10.1 Å². The molecule has 1 fully saturated rings. The number of ether oxygens (including phenoxy) is 1. The van der Waals surface area contributed by atoms with E-state index >= 15 is 0 Å². The zero-order valence-electron chi connectivity index (χ0n) is 10.8. The second-order valence-corrected chi connectivity index (χ2v) is 4.79. The van der Waals surface area contributed by atoms with E-state index in [0.29, 0.717) is 13.1 Å². The van der Waals surface area contributed by atoms with Crippen molar-refractivity contribution in [2.45, 2.75) is 12.7 Å². The van der Waals surface area contributed by atoms with E-state index in [1.54, 1.807) is 0 Å². The predicted octanol–water partition coefficient (Wildman–Crippen LogP) is 0.893. The average Bonchev–Trinajstić information content (AvgIpc) is 2.35. The molecule has 20 heavy (non-hydrogen) atoms. The first-order valence-corrected chi connectivity index (χ1v) is 6.31. The SMILES string of the molecule is O=C(OCc1ccccc1)N1CC(C(O)C[N+](=O)[O-])C1. The van der Waals surface area contributed by atoms with Crippen LogP contribution in [0.1, 0.15) is 5.56 Å². The van der Waals surface area contributed by atoms with Crippen LogP contribution in [0.5, 0.6) is 0 Å². The summed E-state index contributed by atoms with van der Waals surface area (Å²) in [4.78, 5) is 22.8. The first-order chi connectivity index (χ1) is 9.56. The monoisotopic (exact) mass is 280 g/mol. The van der Waals surface area contributed by atoms with Gasteiger partial charge in [0.1, 0.15) is 12.7 Å². The summed E-state index contributed by atoms with van der Waals surface area (Å²) in [5, 5.41) is 19.8. The molecular weight excluding hydrogens is 264 g/mol. The number of aliphatic hydroxyl groups is 1. The molecule has 0 bridgehead atoms. The van der Waals surface area contributed by atoms with E-state index in [1.807, 2.05) is 30.3 Å². The molecule has 108 valence electrons. The highest BCUT2D eigenvalue weighted by Crippen LogP contribution is 2.20. The maximum absolute atomic E-state index is 11.7. The van der Waals surface area contributed by atoms with Crippen LogP contribution in [0.15, 0.2) is 30.3 Å². The Balaban J connectivity index is 1.70. The molecule has 1 aromatic rings. The van der Waals surface area contributed by atoms with Crippen molar-refractivity contribution in [3.8, 4) is 0 Å². The minimum atomic E-state index is -1.01. The summed E-state index contributed by atoms with van der Waals surface area (Å²) >= 11 is 0. The van der Waals surface area contributed by atoms with Crippen molar-refractivity contribution in [2.75, 3.05) is 19.6 Å². The molecule has 1 heterocycles. The maximum Gasteiger partial charge on any atom is 0.410 e. The molecule has 1 aliphatic rings. The summed E-state index contributed by atoms with van der Waals surface area (Å²) in [6.45, 7) is 0.293. The van der Waals surface area contributed by atoms with Gasteiger partial charge in [0.05, 0.1) is 0 Å². The van der Waals surface area contributed by atoms with Crippen LogP contribution in [0.25, 0.3) is 0 Å². The van der Waals surface area contributed by atoms with Gasteiger partial charge in [-0.05, 0) is 5.56 Å². The fourth-order valence-electron chi connectivity index (χ4n) is 2.02. The Morgan fingerprint density at radius 1 is 1.45 bits per heavy atom. The van der Waals surface area contributed by atoms with Gasteiger partial charge < -0.3 is 14.7 Å². The minimum absolute atomic E-state index is 0.193. The molecule has 7 heteroatoms. The summed E-state index contributed by atoms with van der Waals surface area (Å²) in [6.07, 6.45) is -1.47. The number of hydrogen-bond donors (Lipinski definition) is 1. The van der Waals surface area contributed by atoms with Gasteiger partial charge in [-0.2, -0.15) is 0 Å². The number of carbonyl (C=O) groups is 1. The van der Waals surface area contributed by atoms with Crippen LogP contribution >= 0.6 is 0 Å². The van der Waals surface area contributed by atoms with Gasteiger partial charge in [-0.15, -0.1) is 0 Å². The summed E-state index contributed by atoms with van der Waals surface area (Å²) in [5.74, 6) is -0.246. The van der Waals surface area contributed by atoms with Crippen LogP contribution in [0, 0.1) is 16.0 Å². The van der Waals surface area contributed by atoms with Crippen molar-refractivity contribution in [1.29, 1.82) is 0 Å². The molecule has 0 radical (unpaired) electrons. The van der Waals surface area contributed by atoms with Gasteiger partial charge in [0, 0.05) is 23.9 Å². The summed E-state index contributed by atoms with van der Waals surface area (Å²) in [6, 6.07) is 9.30. The molecule has 7 nitrogen and oxygen atoms in total. The number of nitro groups is 1. The zero-order valence-corrected chi connectivity index (χ0v) is 10.8. The lowest BCUT2D eigenvalue weighted by Gasteiger charge is -2.39. The van der Waals surface area contributed by atoms with Crippen LogP contribution in [0.4, 0.5) is 4.79 Å². The van der Waals surface area contributed by atoms with E-state index in [1.165, 1.54) is 4.90 Å². The normalized spacial score (nSPS) is 16.4. The van der Waals surface area contributed by atoms with E-state index in [-0.39, 0.29) is 12.5 Å². The zero-order chi connectivity index (χ0) is 14.5. The predicted molar refractivity (Wildman–Crippen MR) is 69.6 cm³/mol. The molecule has 1 atom stereocenters. The van der Waals surface area contributed by atoms with Crippen LogP contribution < -0.4 is 0 Å². The number of hydrogen-bond acceptors (Lipinski definition) is 5. The van der Waals surface area contributed by atoms with Crippen LogP contribution in [-0.4, -0.2) is 46.8 Å². The van der Waals surface area contributed by atoms with Gasteiger partial charge >= 0.3 is 6.09 Å². The van der Waals surface area contributed by atoms with Gasteiger partial charge in [0.15, 0.2) is 0 Å². The highest BCUT2D eigenvalue weighted by Gasteiger charge is 2.38. The summed E-state index contributed by atoms with van der Waals surface area (Å²) < 4.78 is 5.11. The van der Waals surface area contributed by atoms with E-state index in [2.05, 4.69) is 0 Å². The molecule has 0 saturated carbocycles. The van der Waals surface area contributed by atoms with Gasteiger partial charge in [0.25, 0.3) is 0 Å². The second-order valence-electron chi connectivity index (χ2n) is 4.79. The molecule has 0 aliphatic carbocycles. The second kappa shape index (κ2) is 6.33. The smallest absolute Gasteiger partial charge is 0.410 e. The topological polar surface area (TPSA) is 92.9 Å². The Kier molecular flexibility index (Phi) is 4.52. The lowest BCUT2D eigenvalue weighted by Crippen LogP contribution is -2.55. The van der Waals surface area contributed by atoms with E-state index in [9.17, 15) is 20.0 Å². The van der Waals surface area contributed by atoms with Gasteiger partial charge in [0.2, 0.25) is 6.54 Å². The highest BCUT2D eigenvalue weighted by atomic mass is 16.6. The molecule has 1 amide bonds. The fourth-order valence-corrected chi connectivity index (χ4v) is 2.02. The number of benzene rings is 1. The molecule has 2 rings (SSSR count). The lowest BCUT2D eigenvalue weighted by molar-refractivity contribution is -0.493. The van der Waals surface area contributed by atoms with Crippen molar-refractivity contribution in [3.05, 3.63) is 46.0 Å². The Morgan fingerprint density at radius 2 is 2.10 bits per heavy atom. The van der Waals surface area contributed by atoms with E-state index in [0.717, 1.165) is 5.56 Å². The van der Waals surface area contributed by atoms with Crippen molar-refractivity contribution in [3.63, 3.8) is 0 Å². The van der Waals surface area contributed by atoms with E-state index in [4.69, 9.17) is 4.74 Å². The lowest BCUT2D eigenvalue weighted by atomic mass is 9.94. The summed E-state index contributed by atoms with van der Waals surface area (Å²) in [5.41, 5.74) is 0.895. The Hall–Kier alpha value is -2.15. The molecule has 0 aromatic heterocycles. The molecule has 0 spiro atoms. The quantitative estimate of drug-likeness (QED) is 0.638. The van der Waals surface area contributed by atoms with Crippen molar-refractivity contribution >= 4 is 6.09 Å². The van der Waals surface area contributed by atoms with Crippen LogP contribution in [0.3, 0.4) is 0 Å². The third-order valence-electron chi connectivity index (χ3n) is 3.25. The Bertz CT molecular complexity index is 473.